The van der Waals surface area contributed by atoms with Gasteiger partial charge in [0.2, 0.25) is 0 Å². The van der Waals surface area contributed by atoms with Crippen molar-refractivity contribution in [2.24, 2.45) is 5.73 Å². The topological polar surface area (TPSA) is 82.2 Å². The van der Waals surface area contributed by atoms with Crippen LogP contribution in [0.3, 0.4) is 0 Å². The van der Waals surface area contributed by atoms with Gasteiger partial charge in [-0.25, -0.2) is 4.79 Å². The Kier molecular flexibility index (Phi) is 4.19. The Labute approximate surface area is 106 Å². The minimum absolute atomic E-state index is 0.539. The standard InChI is InChI=1S/C12H20N4O2/c1-2-18-8-6-10-9-5-3-4-7-14-11(9)16(15-10)12(13)17/h14H,2-8H2,1H3,(H2,13,17). The predicted octanol–water partition coefficient (Wildman–Crippen LogP) is 1.14. The summed E-state index contributed by atoms with van der Waals surface area (Å²) in [5.41, 5.74) is 7.39. The molecule has 0 radical (unpaired) electrons. The molecule has 0 atom stereocenters. The molecule has 0 bridgehead atoms. The maximum absolute atomic E-state index is 11.4. The minimum atomic E-state index is -0.539. The lowest BCUT2D eigenvalue weighted by molar-refractivity contribution is 0.150. The Morgan fingerprint density at radius 3 is 3.11 bits per heavy atom. The van der Waals surface area contributed by atoms with Crippen LogP contribution in [0, 0.1) is 0 Å². The first-order chi connectivity index (χ1) is 8.74. The maximum Gasteiger partial charge on any atom is 0.341 e. The zero-order valence-corrected chi connectivity index (χ0v) is 10.7. The van der Waals surface area contributed by atoms with Crippen molar-refractivity contribution in [1.29, 1.82) is 0 Å². The highest BCUT2D eigenvalue weighted by Crippen LogP contribution is 2.25. The molecule has 100 valence electrons. The largest absolute Gasteiger partial charge is 0.381 e. The van der Waals surface area contributed by atoms with E-state index in [9.17, 15) is 4.79 Å². The van der Waals surface area contributed by atoms with Crippen LogP contribution in [-0.2, 0) is 17.6 Å². The van der Waals surface area contributed by atoms with E-state index in [1.54, 1.807) is 0 Å². The Morgan fingerprint density at radius 1 is 1.56 bits per heavy atom. The van der Waals surface area contributed by atoms with Gasteiger partial charge in [0.15, 0.2) is 0 Å². The summed E-state index contributed by atoms with van der Waals surface area (Å²) in [5, 5.41) is 7.55. The summed E-state index contributed by atoms with van der Waals surface area (Å²) < 4.78 is 6.62. The molecular weight excluding hydrogens is 232 g/mol. The molecule has 1 amide bonds. The third-order valence-corrected chi connectivity index (χ3v) is 3.11. The molecule has 0 fully saturated rings. The van der Waals surface area contributed by atoms with Gasteiger partial charge in [0.05, 0.1) is 12.3 Å². The molecule has 6 heteroatoms. The molecule has 6 nitrogen and oxygen atoms in total. The SMILES string of the molecule is CCOCCc1nn(C(N)=O)c2c1CCCCN2. The normalized spacial score (nSPS) is 14.7. The monoisotopic (exact) mass is 252 g/mol. The van der Waals surface area contributed by atoms with E-state index in [-0.39, 0.29) is 0 Å². The van der Waals surface area contributed by atoms with Crippen molar-refractivity contribution < 1.29 is 9.53 Å². The molecule has 18 heavy (non-hydrogen) atoms. The zero-order valence-electron chi connectivity index (χ0n) is 10.7. The number of hydrogen-bond donors (Lipinski definition) is 2. The highest BCUT2D eigenvalue weighted by atomic mass is 16.5. The fourth-order valence-corrected chi connectivity index (χ4v) is 2.25. The van der Waals surface area contributed by atoms with Crippen molar-refractivity contribution in [2.45, 2.75) is 32.6 Å². The zero-order chi connectivity index (χ0) is 13.0. The third-order valence-electron chi connectivity index (χ3n) is 3.11. The number of amides is 1. The van der Waals surface area contributed by atoms with Crippen molar-refractivity contribution in [1.82, 2.24) is 9.78 Å². The van der Waals surface area contributed by atoms with Gasteiger partial charge in [0, 0.05) is 25.1 Å². The molecule has 1 aromatic rings. The lowest BCUT2D eigenvalue weighted by Crippen LogP contribution is -2.23. The molecule has 0 saturated heterocycles. The summed E-state index contributed by atoms with van der Waals surface area (Å²) in [4.78, 5) is 11.4. The van der Waals surface area contributed by atoms with Gasteiger partial charge < -0.3 is 15.8 Å². The number of nitrogens with two attached hydrogens (primary N) is 1. The summed E-state index contributed by atoms with van der Waals surface area (Å²) >= 11 is 0. The summed E-state index contributed by atoms with van der Waals surface area (Å²) in [6.45, 7) is 4.14. The second kappa shape index (κ2) is 5.86. The Hall–Kier alpha value is -1.56. The van der Waals surface area contributed by atoms with Gasteiger partial charge >= 0.3 is 6.03 Å². The van der Waals surface area contributed by atoms with E-state index in [0.29, 0.717) is 13.2 Å². The number of hydrogen-bond acceptors (Lipinski definition) is 4. The fourth-order valence-electron chi connectivity index (χ4n) is 2.25. The molecule has 2 rings (SSSR count). The van der Waals surface area contributed by atoms with E-state index < -0.39 is 6.03 Å². The Morgan fingerprint density at radius 2 is 2.39 bits per heavy atom. The molecule has 3 N–H and O–H groups in total. The van der Waals surface area contributed by atoms with E-state index in [4.69, 9.17) is 10.5 Å². The van der Waals surface area contributed by atoms with Crippen molar-refractivity contribution in [3.05, 3.63) is 11.3 Å². The molecule has 0 aliphatic carbocycles. The van der Waals surface area contributed by atoms with Crippen LogP contribution in [0.1, 0.15) is 31.0 Å². The molecule has 1 aliphatic heterocycles. The van der Waals surface area contributed by atoms with Crippen molar-refractivity contribution in [3.8, 4) is 0 Å². The van der Waals surface area contributed by atoms with Gasteiger partial charge in [-0.1, -0.05) is 0 Å². The van der Waals surface area contributed by atoms with Gasteiger partial charge in [0.1, 0.15) is 5.82 Å². The maximum atomic E-state index is 11.4. The van der Waals surface area contributed by atoms with Gasteiger partial charge in [-0.3, -0.25) is 0 Å². The third kappa shape index (κ3) is 2.64. The second-order valence-corrected chi connectivity index (χ2v) is 4.35. The number of anilines is 1. The van der Waals surface area contributed by atoms with Crippen LogP contribution in [0.15, 0.2) is 0 Å². The van der Waals surface area contributed by atoms with Crippen molar-refractivity contribution in [3.63, 3.8) is 0 Å². The Bertz CT molecular complexity index is 428. The fraction of sp³-hybridized carbons (Fsp3) is 0.667. The summed E-state index contributed by atoms with van der Waals surface area (Å²) in [6.07, 6.45) is 3.86. The van der Waals surface area contributed by atoms with Crippen LogP contribution in [0.2, 0.25) is 0 Å². The Balaban J connectivity index is 2.25. The molecule has 0 saturated carbocycles. The first-order valence-electron chi connectivity index (χ1n) is 6.46. The summed E-state index contributed by atoms with van der Waals surface area (Å²) in [7, 11) is 0. The smallest absolute Gasteiger partial charge is 0.341 e. The molecule has 1 aromatic heterocycles. The number of nitrogens with one attached hydrogen (secondary N) is 1. The van der Waals surface area contributed by atoms with E-state index in [1.807, 2.05) is 6.92 Å². The van der Waals surface area contributed by atoms with Crippen molar-refractivity contribution in [2.75, 3.05) is 25.1 Å². The van der Waals surface area contributed by atoms with Crippen molar-refractivity contribution >= 4 is 11.8 Å². The molecule has 0 aromatic carbocycles. The predicted molar refractivity (Wildman–Crippen MR) is 68.8 cm³/mol. The van der Waals surface area contributed by atoms with Crippen LogP contribution in [-0.4, -0.2) is 35.6 Å². The average molecular weight is 252 g/mol. The van der Waals surface area contributed by atoms with E-state index >= 15 is 0 Å². The van der Waals surface area contributed by atoms with Gasteiger partial charge in [-0.15, -0.1) is 0 Å². The number of ether oxygens (including phenoxy) is 1. The van der Waals surface area contributed by atoms with Crippen LogP contribution < -0.4 is 11.1 Å². The van der Waals surface area contributed by atoms with Gasteiger partial charge in [-0.2, -0.15) is 9.78 Å². The number of nitrogens with zero attached hydrogens (tertiary/aromatic N) is 2. The molecule has 1 aliphatic rings. The second-order valence-electron chi connectivity index (χ2n) is 4.35. The van der Waals surface area contributed by atoms with Gasteiger partial charge in [0.25, 0.3) is 0 Å². The number of aromatic nitrogens is 2. The molecule has 0 spiro atoms. The number of fused-ring (bicyclic) bond motifs is 1. The number of rotatable bonds is 4. The first kappa shape index (κ1) is 12.9. The summed E-state index contributed by atoms with van der Waals surface area (Å²) in [6, 6.07) is -0.539. The van der Waals surface area contributed by atoms with Crippen LogP contribution in [0.25, 0.3) is 0 Å². The van der Waals surface area contributed by atoms with Crippen LogP contribution in [0.4, 0.5) is 10.6 Å². The van der Waals surface area contributed by atoms with Crippen LogP contribution >= 0.6 is 0 Å². The first-order valence-corrected chi connectivity index (χ1v) is 6.46. The van der Waals surface area contributed by atoms with E-state index in [2.05, 4.69) is 10.4 Å². The number of carbonyl (C=O) groups excluding carboxylic acids is 1. The molecule has 0 unspecified atom stereocenters. The van der Waals surface area contributed by atoms with E-state index in [0.717, 1.165) is 49.3 Å². The summed E-state index contributed by atoms with van der Waals surface area (Å²) in [5.74, 6) is 0.770. The molecule has 2 heterocycles. The highest BCUT2D eigenvalue weighted by molar-refractivity contribution is 5.79. The lowest BCUT2D eigenvalue weighted by Gasteiger charge is -2.04. The molecular formula is C12H20N4O2. The van der Waals surface area contributed by atoms with Gasteiger partial charge in [-0.05, 0) is 26.2 Å². The highest BCUT2D eigenvalue weighted by Gasteiger charge is 2.21. The lowest BCUT2D eigenvalue weighted by atomic mass is 10.1. The average Bonchev–Trinajstić information content (AvgIpc) is 2.54. The quantitative estimate of drug-likeness (QED) is 0.787. The number of carbonyl (C=O) groups is 1. The van der Waals surface area contributed by atoms with Crippen LogP contribution in [0.5, 0.6) is 0 Å². The number of primary amides is 1. The minimum Gasteiger partial charge on any atom is -0.381 e. The van der Waals surface area contributed by atoms with E-state index in [1.165, 1.54) is 4.68 Å².